The monoisotopic (exact) mass is 675 g/mol. The molecule has 0 bridgehead atoms. The van der Waals surface area contributed by atoms with Crippen LogP contribution in [0, 0.1) is 0 Å². The second-order valence-electron chi connectivity index (χ2n) is 12.7. The summed E-state index contributed by atoms with van der Waals surface area (Å²) in [6.45, 7) is 3.62. The summed E-state index contributed by atoms with van der Waals surface area (Å²) in [5.74, 6) is -3.01. The SMILES string of the molecule is O=C(NC1CCCCC1)N1CCNCC1.O=C(O)CCC(C(=O)O)N1C(=O)C(N2C(=O)OC[C@@H]2c2ccccc2)C1C=Cc1ccccc1. The summed E-state index contributed by atoms with van der Waals surface area (Å²) >= 11 is 0. The van der Waals surface area contributed by atoms with Crippen LogP contribution >= 0.6 is 0 Å². The fraction of sp³-hybridized carbons (Fsp3) is 0.472. The molecule has 4 amide bonds. The van der Waals surface area contributed by atoms with Crippen molar-refractivity contribution < 1.29 is 38.9 Å². The lowest BCUT2D eigenvalue weighted by Crippen LogP contribution is -2.73. The molecule has 3 saturated heterocycles. The predicted octanol–water partition coefficient (Wildman–Crippen LogP) is 3.72. The Morgan fingerprint density at radius 1 is 0.939 bits per heavy atom. The molecule has 3 unspecified atom stereocenters. The maximum atomic E-state index is 13.3. The van der Waals surface area contributed by atoms with Gasteiger partial charge >= 0.3 is 24.1 Å². The molecule has 2 aromatic rings. The number of carboxylic acids is 2. The number of carbonyl (C=O) groups is 5. The Balaban J connectivity index is 0.000000259. The molecule has 13 heteroatoms. The van der Waals surface area contributed by atoms with Gasteiger partial charge in [-0.15, -0.1) is 0 Å². The Morgan fingerprint density at radius 3 is 2.22 bits per heavy atom. The van der Waals surface area contributed by atoms with E-state index < -0.39 is 54.5 Å². The summed E-state index contributed by atoms with van der Waals surface area (Å²) in [4.78, 5) is 65.3. The highest BCUT2D eigenvalue weighted by Gasteiger charge is 2.58. The lowest BCUT2D eigenvalue weighted by Gasteiger charge is -2.51. The Bertz CT molecular complexity index is 1480. The second-order valence-corrected chi connectivity index (χ2v) is 12.7. The highest BCUT2D eigenvalue weighted by Crippen LogP contribution is 2.39. The van der Waals surface area contributed by atoms with Crippen LogP contribution in [0.25, 0.3) is 6.08 Å². The molecule has 4 atom stereocenters. The lowest BCUT2D eigenvalue weighted by atomic mass is 9.87. The number of benzene rings is 2. The van der Waals surface area contributed by atoms with Crippen LogP contribution in [0.1, 0.15) is 62.1 Å². The smallest absolute Gasteiger partial charge is 0.411 e. The standard InChI is InChI=1S/C25H24N2O7.C11H21N3O/c28-21(29)14-13-19(24(31)32)26-18(12-11-16-7-3-1-4-8-16)22(23(26)30)27-20(15-34-25(27)33)17-9-5-2-6-10-17;15-11(14-8-6-12-7-9-14)13-10-4-2-1-3-5-10/h1-12,18-20,22H,13-15H2,(H,28,29)(H,31,32);10,12H,1-9H2,(H,13,15)/t18?,19?,20-,22?;/m1./s1. The van der Waals surface area contributed by atoms with Crippen LogP contribution in [-0.2, 0) is 19.1 Å². The first kappa shape index (κ1) is 35.4. The Labute approximate surface area is 285 Å². The van der Waals surface area contributed by atoms with Crippen LogP contribution in [0.3, 0.4) is 0 Å². The zero-order chi connectivity index (χ0) is 34.8. The number of aliphatic carboxylic acids is 2. The van der Waals surface area contributed by atoms with Crippen molar-refractivity contribution in [3.63, 3.8) is 0 Å². The largest absolute Gasteiger partial charge is 0.481 e. The van der Waals surface area contributed by atoms with Gasteiger partial charge in [-0.2, -0.15) is 0 Å². The van der Waals surface area contributed by atoms with E-state index in [0.717, 1.165) is 55.0 Å². The average molecular weight is 676 g/mol. The summed E-state index contributed by atoms with van der Waals surface area (Å²) in [5.41, 5.74) is 1.63. The summed E-state index contributed by atoms with van der Waals surface area (Å²) < 4.78 is 5.27. The number of carboxylic acid groups (broad SMARTS) is 2. The zero-order valence-corrected chi connectivity index (χ0v) is 27.5. The number of ether oxygens (including phenoxy) is 1. The third-order valence-corrected chi connectivity index (χ3v) is 9.42. The molecule has 3 aliphatic heterocycles. The van der Waals surface area contributed by atoms with E-state index in [0.29, 0.717) is 6.04 Å². The number of nitrogens with zero attached hydrogens (tertiary/aromatic N) is 3. The number of rotatable bonds is 10. The van der Waals surface area contributed by atoms with Gasteiger partial charge in [-0.25, -0.2) is 14.4 Å². The Hall–Kier alpha value is -4.91. The molecule has 0 radical (unpaired) electrons. The van der Waals surface area contributed by atoms with Crippen molar-refractivity contribution in [2.75, 3.05) is 32.8 Å². The number of urea groups is 1. The molecule has 2 aromatic carbocycles. The quantitative estimate of drug-likeness (QED) is 0.274. The minimum Gasteiger partial charge on any atom is -0.481 e. The van der Waals surface area contributed by atoms with Crippen LogP contribution in [0.5, 0.6) is 0 Å². The first-order valence-corrected chi connectivity index (χ1v) is 17.0. The number of carbonyl (C=O) groups excluding carboxylic acids is 3. The van der Waals surface area contributed by atoms with Crippen molar-refractivity contribution in [3.8, 4) is 0 Å². The average Bonchev–Trinajstić information content (AvgIpc) is 3.49. The number of β-lactam (4-membered cyclic amide) rings is 1. The number of hydrogen-bond acceptors (Lipinski definition) is 7. The first-order valence-electron chi connectivity index (χ1n) is 17.0. The molecule has 4 N–H and O–H groups in total. The van der Waals surface area contributed by atoms with Gasteiger partial charge in [0.15, 0.2) is 0 Å². The first-order chi connectivity index (χ1) is 23.7. The summed E-state index contributed by atoms with van der Waals surface area (Å²) in [7, 11) is 0. The molecule has 13 nitrogen and oxygen atoms in total. The van der Waals surface area contributed by atoms with Gasteiger partial charge in [0.1, 0.15) is 18.7 Å². The van der Waals surface area contributed by atoms with Crippen molar-refractivity contribution in [3.05, 3.63) is 77.9 Å². The molecule has 3 heterocycles. The zero-order valence-electron chi connectivity index (χ0n) is 27.5. The highest BCUT2D eigenvalue weighted by molar-refractivity contribution is 5.97. The molecule has 49 heavy (non-hydrogen) atoms. The number of hydrogen-bond donors (Lipinski definition) is 4. The minimum absolute atomic E-state index is 0.0725. The maximum Gasteiger partial charge on any atom is 0.411 e. The number of nitrogens with one attached hydrogen (secondary N) is 2. The summed E-state index contributed by atoms with van der Waals surface area (Å²) in [5, 5.41) is 25.2. The van der Waals surface area contributed by atoms with E-state index in [1.807, 2.05) is 65.6 Å². The number of likely N-dealkylation sites (tertiary alicyclic amines) is 1. The topological polar surface area (TPSA) is 169 Å². The molecular formula is C36H45N5O8. The van der Waals surface area contributed by atoms with E-state index in [9.17, 15) is 29.1 Å². The van der Waals surface area contributed by atoms with E-state index in [2.05, 4.69) is 10.6 Å². The van der Waals surface area contributed by atoms with Gasteiger partial charge in [0.05, 0.1) is 12.1 Å². The maximum absolute atomic E-state index is 13.3. The predicted molar refractivity (Wildman–Crippen MR) is 180 cm³/mol. The van der Waals surface area contributed by atoms with E-state index in [1.165, 1.54) is 24.2 Å². The molecule has 0 aromatic heterocycles. The van der Waals surface area contributed by atoms with Crippen LogP contribution in [0.15, 0.2) is 66.7 Å². The molecule has 1 saturated carbocycles. The van der Waals surface area contributed by atoms with Crippen LogP contribution in [-0.4, -0.2) is 112 Å². The third kappa shape index (κ3) is 8.96. The van der Waals surface area contributed by atoms with Crippen molar-refractivity contribution in [2.45, 2.75) is 75.2 Å². The van der Waals surface area contributed by atoms with Crippen LogP contribution in [0.2, 0.25) is 0 Å². The van der Waals surface area contributed by atoms with E-state index >= 15 is 0 Å². The molecule has 0 spiro atoms. The fourth-order valence-electron chi connectivity index (χ4n) is 6.83. The van der Waals surface area contributed by atoms with Crippen molar-refractivity contribution in [1.82, 2.24) is 25.3 Å². The normalized spacial score (nSPS) is 23.3. The van der Waals surface area contributed by atoms with Gasteiger partial charge in [-0.1, -0.05) is 92.1 Å². The van der Waals surface area contributed by atoms with Gasteiger partial charge in [-0.3, -0.25) is 14.5 Å². The molecule has 4 fully saturated rings. The van der Waals surface area contributed by atoms with E-state index in [1.54, 1.807) is 12.2 Å². The molecule has 4 aliphatic rings. The summed E-state index contributed by atoms with van der Waals surface area (Å²) in [6, 6.07) is 15.4. The number of amides is 4. The van der Waals surface area contributed by atoms with Gasteiger partial charge in [0.25, 0.3) is 0 Å². The van der Waals surface area contributed by atoms with Crippen LogP contribution in [0.4, 0.5) is 9.59 Å². The van der Waals surface area contributed by atoms with Crippen LogP contribution < -0.4 is 10.6 Å². The Kier molecular flexibility index (Phi) is 12.3. The van der Waals surface area contributed by atoms with Gasteiger partial charge in [-0.05, 0) is 30.4 Å². The summed E-state index contributed by atoms with van der Waals surface area (Å²) in [6.07, 6.45) is 8.35. The lowest BCUT2D eigenvalue weighted by molar-refractivity contribution is -0.168. The van der Waals surface area contributed by atoms with Crippen molar-refractivity contribution in [1.29, 1.82) is 0 Å². The van der Waals surface area contributed by atoms with E-state index in [-0.39, 0.29) is 19.1 Å². The van der Waals surface area contributed by atoms with E-state index in [4.69, 9.17) is 9.84 Å². The van der Waals surface area contributed by atoms with Gasteiger partial charge in [0, 0.05) is 38.6 Å². The second kappa shape index (κ2) is 17.0. The molecule has 262 valence electrons. The number of piperazine rings is 1. The minimum atomic E-state index is -1.33. The highest BCUT2D eigenvalue weighted by atomic mass is 16.6. The molecule has 1 aliphatic carbocycles. The van der Waals surface area contributed by atoms with Gasteiger partial charge < -0.3 is 35.4 Å². The molecular weight excluding hydrogens is 630 g/mol. The van der Waals surface area contributed by atoms with Crippen molar-refractivity contribution >= 4 is 36.0 Å². The van der Waals surface area contributed by atoms with Crippen molar-refractivity contribution in [2.24, 2.45) is 0 Å². The Morgan fingerprint density at radius 2 is 1.59 bits per heavy atom. The number of cyclic esters (lactones) is 1. The fourth-order valence-corrected chi connectivity index (χ4v) is 6.83. The third-order valence-electron chi connectivity index (χ3n) is 9.42. The van der Waals surface area contributed by atoms with Gasteiger partial charge in [0.2, 0.25) is 5.91 Å². The molecule has 6 rings (SSSR count).